The summed E-state index contributed by atoms with van der Waals surface area (Å²) in [5.74, 6) is 2.57. The Bertz CT molecular complexity index is 921. The topological polar surface area (TPSA) is 110 Å². The number of ether oxygens (including phenoxy) is 1. The summed E-state index contributed by atoms with van der Waals surface area (Å²) in [6.07, 6.45) is 10.7. The fraction of sp³-hybridized carbons (Fsp3) is 0.583. The first-order chi connectivity index (χ1) is 14.2. The number of carbonyl (C=O) groups excluding carboxylic acids is 1. The minimum atomic E-state index is -1.18. The van der Waals surface area contributed by atoms with E-state index in [1.54, 1.807) is 6.07 Å². The maximum absolute atomic E-state index is 12.0. The van der Waals surface area contributed by atoms with E-state index >= 15 is 0 Å². The van der Waals surface area contributed by atoms with Crippen molar-refractivity contribution in [2.75, 3.05) is 0 Å². The van der Waals surface area contributed by atoms with Gasteiger partial charge in [-0.25, -0.2) is 4.79 Å². The Morgan fingerprint density at radius 2 is 2.10 bits per heavy atom. The van der Waals surface area contributed by atoms with Crippen molar-refractivity contribution in [3.8, 4) is 18.1 Å². The van der Waals surface area contributed by atoms with E-state index in [2.05, 4.69) is 12.8 Å². The Labute approximate surface area is 176 Å². The SMILES string of the molecule is C#C[C@]1(O)CCC2C3CCc4cc(OC(=O)[C@H](N)CC(=O)O)ccc4C3CC[C@@]21C. The van der Waals surface area contributed by atoms with Gasteiger partial charge in [0.25, 0.3) is 0 Å². The second kappa shape index (κ2) is 7.40. The van der Waals surface area contributed by atoms with E-state index in [0.29, 0.717) is 29.9 Å². The zero-order chi connectivity index (χ0) is 21.7. The van der Waals surface area contributed by atoms with E-state index in [0.717, 1.165) is 32.1 Å². The third-order valence-corrected chi connectivity index (χ3v) is 8.00. The smallest absolute Gasteiger partial charge is 0.328 e. The lowest BCUT2D eigenvalue weighted by molar-refractivity contribution is -0.143. The largest absolute Gasteiger partial charge is 0.481 e. The van der Waals surface area contributed by atoms with Crippen LogP contribution in [0.3, 0.4) is 0 Å². The lowest BCUT2D eigenvalue weighted by Crippen LogP contribution is -2.50. The number of nitrogens with two attached hydrogens (primary N) is 1. The van der Waals surface area contributed by atoms with Crippen LogP contribution in [0, 0.1) is 29.6 Å². The third kappa shape index (κ3) is 3.21. The monoisotopic (exact) mass is 411 g/mol. The quantitative estimate of drug-likeness (QED) is 0.399. The number of carboxylic acid groups (broad SMARTS) is 1. The molecule has 3 aliphatic rings. The van der Waals surface area contributed by atoms with E-state index in [1.807, 2.05) is 12.1 Å². The summed E-state index contributed by atoms with van der Waals surface area (Å²) in [6.45, 7) is 2.17. The fourth-order valence-corrected chi connectivity index (χ4v) is 6.34. The maximum atomic E-state index is 12.0. The molecule has 160 valence electrons. The van der Waals surface area contributed by atoms with Gasteiger partial charge >= 0.3 is 11.9 Å². The Morgan fingerprint density at radius 1 is 1.33 bits per heavy atom. The van der Waals surface area contributed by atoms with Crippen LogP contribution in [-0.4, -0.2) is 33.8 Å². The van der Waals surface area contributed by atoms with Crippen molar-refractivity contribution in [2.45, 2.75) is 69.4 Å². The van der Waals surface area contributed by atoms with Gasteiger partial charge in [0.05, 0.1) is 6.42 Å². The van der Waals surface area contributed by atoms with Gasteiger partial charge in [-0.05, 0) is 79.5 Å². The first-order valence-electron chi connectivity index (χ1n) is 10.7. The van der Waals surface area contributed by atoms with E-state index in [9.17, 15) is 14.7 Å². The second-order valence-corrected chi connectivity index (χ2v) is 9.40. The number of aliphatic hydroxyl groups is 1. The molecule has 6 atom stereocenters. The number of hydrogen-bond acceptors (Lipinski definition) is 5. The lowest BCUT2D eigenvalue weighted by atomic mass is 9.53. The summed E-state index contributed by atoms with van der Waals surface area (Å²) in [5, 5.41) is 19.8. The number of terminal acetylenes is 1. The summed E-state index contributed by atoms with van der Waals surface area (Å²) < 4.78 is 5.32. The van der Waals surface area contributed by atoms with Crippen LogP contribution in [0.25, 0.3) is 0 Å². The zero-order valence-corrected chi connectivity index (χ0v) is 17.3. The van der Waals surface area contributed by atoms with Crippen LogP contribution in [0.2, 0.25) is 0 Å². The fourth-order valence-electron chi connectivity index (χ4n) is 6.34. The van der Waals surface area contributed by atoms with Crippen molar-refractivity contribution in [3.63, 3.8) is 0 Å². The highest BCUT2D eigenvalue weighted by atomic mass is 16.5. The molecule has 6 heteroatoms. The minimum Gasteiger partial charge on any atom is -0.481 e. The molecule has 3 unspecified atom stereocenters. The van der Waals surface area contributed by atoms with Crippen molar-refractivity contribution in [3.05, 3.63) is 29.3 Å². The van der Waals surface area contributed by atoms with Crippen molar-refractivity contribution in [2.24, 2.45) is 23.0 Å². The van der Waals surface area contributed by atoms with Crippen molar-refractivity contribution in [1.29, 1.82) is 0 Å². The molecular formula is C24H29NO5. The van der Waals surface area contributed by atoms with Gasteiger partial charge < -0.3 is 20.7 Å². The third-order valence-electron chi connectivity index (χ3n) is 8.00. The predicted molar refractivity (Wildman–Crippen MR) is 111 cm³/mol. The first-order valence-corrected chi connectivity index (χ1v) is 10.7. The molecule has 1 aromatic rings. The van der Waals surface area contributed by atoms with E-state index < -0.39 is 30.0 Å². The van der Waals surface area contributed by atoms with Gasteiger partial charge in [-0.2, -0.15) is 0 Å². The molecule has 0 spiro atoms. The van der Waals surface area contributed by atoms with Crippen molar-refractivity contribution >= 4 is 11.9 Å². The summed E-state index contributed by atoms with van der Waals surface area (Å²) >= 11 is 0. The molecule has 0 bridgehead atoms. The molecule has 0 aromatic heterocycles. The molecule has 3 aliphatic carbocycles. The molecule has 0 radical (unpaired) electrons. The average Bonchev–Trinajstić information content (AvgIpc) is 2.98. The van der Waals surface area contributed by atoms with Gasteiger partial charge in [0, 0.05) is 5.41 Å². The second-order valence-electron chi connectivity index (χ2n) is 9.40. The highest BCUT2D eigenvalue weighted by molar-refractivity contribution is 5.83. The molecule has 4 N–H and O–H groups in total. The number of rotatable bonds is 4. The number of esters is 1. The number of carboxylic acids is 1. The molecular weight excluding hydrogens is 382 g/mol. The van der Waals surface area contributed by atoms with Gasteiger partial charge in [-0.3, -0.25) is 4.79 Å². The average molecular weight is 411 g/mol. The minimum absolute atomic E-state index is 0.226. The zero-order valence-electron chi connectivity index (χ0n) is 17.3. The molecule has 2 saturated carbocycles. The van der Waals surface area contributed by atoms with Gasteiger partial charge in [0.15, 0.2) is 0 Å². The number of aryl methyl sites for hydroxylation is 1. The van der Waals surface area contributed by atoms with Crippen LogP contribution in [0.4, 0.5) is 0 Å². The number of hydrogen-bond donors (Lipinski definition) is 3. The van der Waals surface area contributed by atoms with E-state index in [-0.39, 0.29) is 5.41 Å². The molecule has 30 heavy (non-hydrogen) atoms. The molecule has 0 aliphatic heterocycles. The summed E-state index contributed by atoms with van der Waals surface area (Å²) in [4.78, 5) is 22.8. The van der Waals surface area contributed by atoms with Crippen LogP contribution in [0.5, 0.6) is 5.75 Å². The molecule has 0 saturated heterocycles. The normalized spacial score (nSPS) is 35.3. The molecule has 2 fully saturated rings. The molecule has 6 nitrogen and oxygen atoms in total. The number of benzene rings is 1. The number of aliphatic carboxylic acids is 1. The van der Waals surface area contributed by atoms with Gasteiger partial charge in [0.1, 0.15) is 17.4 Å². The molecule has 1 aromatic carbocycles. The predicted octanol–water partition coefficient (Wildman–Crippen LogP) is 2.61. The van der Waals surface area contributed by atoms with Crippen molar-refractivity contribution < 1.29 is 24.5 Å². The van der Waals surface area contributed by atoms with Crippen molar-refractivity contribution in [1.82, 2.24) is 0 Å². The van der Waals surface area contributed by atoms with Crippen LogP contribution in [0.15, 0.2) is 18.2 Å². The van der Waals surface area contributed by atoms with Crippen LogP contribution >= 0.6 is 0 Å². The summed E-state index contributed by atoms with van der Waals surface area (Å²) in [6, 6.07) is 4.50. The number of fused-ring (bicyclic) bond motifs is 5. The van der Waals surface area contributed by atoms with Crippen LogP contribution in [0.1, 0.15) is 62.5 Å². The number of carbonyl (C=O) groups is 2. The maximum Gasteiger partial charge on any atom is 0.328 e. The highest BCUT2D eigenvalue weighted by Crippen LogP contribution is 2.64. The Morgan fingerprint density at radius 3 is 2.80 bits per heavy atom. The molecule has 0 heterocycles. The Balaban J connectivity index is 1.52. The molecule has 0 amide bonds. The Kier molecular flexibility index (Phi) is 5.16. The van der Waals surface area contributed by atoms with Crippen LogP contribution < -0.4 is 10.5 Å². The standard InChI is InChI=1S/C24H29NO5/c1-3-24(29)11-9-19-18-6-4-14-12-15(30-22(28)20(25)13-21(26)27)5-7-16(14)17(18)8-10-23(19,24)2/h1,5,7,12,17-20,29H,4,6,8-11,13,25H2,2H3,(H,26,27)/t17?,18?,19?,20-,23+,24+/m1/s1. The summed E-state index contributed by atoms with van der Waals surface area (Å²) in [7, 11) is 0. The first kappa shape index (κ1) is 20.9. The van der Waals surface area contributed by atoms with Gasteiger partial charge in [0.2, 0.25) is 0 Å². The van der Waals surface area contributed by atoms with Gasteiger partial charge in [-0.15, -0.1) is 6.42 Å². The molecule has 4 rings (SSSR count). The van der Waals surface area contributed by atoms with Crippen LogP contribution in [-0.2, 0) is 16.0 Å². The van der Waals surface area contributed by atoms with E-state index in [4.69, 9.17) is 22.0 Å². The Hall–Kier alpha value is -2.36. The summed E-state index contributed by atoms with van der Waals surface area (Å²) in [5.41, 5.74) is 6.83. The lowest BCUT2D eigenvalue weighted by Gasteiger charge is -2.52. The van der Waals surface area contributed by atoms with E-state index in [1.165, 1.54) is 11.1 Å². The highest BCUT2D eigenvalue weighted by Gasteiger charge is 2.61. The van der Waals surface area contributed by atoms with Gasteiger partial charge in [-0.1, -0.05) is 18.9 Å².